The molecule has 0 atom stereocenters. The van der Waals surface area contributed by atoms with Crippen molar-refractivity contribution < 1.29 is 4.39 Å². The predicted octanol–water partition coefficient (Wildman–Crippen LogP) is 2.64. The van der Waals surface area contributed by atoms with Gasteiger partial charge >= 0.3 is 0 Å². The summed E-state index contributed by atoms with van der Waals surface area (Å²) in [6, 6.07) is 4.98. The van der Waals surface area contributed by atoms with Crippen LogP contribution in [0.25, 0.3) is 0 Å². The molecule has 1 saturated carbocycles. The first-order valence-electron chi connectivity index (χ1n) is 5.43. The molecule has 1 aliphatic carbocycles. The lowest BCUT2D eigenvalue weighted by Crippen LogP contribution is -2.29. The third-order valence-electron chi connectivity index (χ3n) is 3.20. The molecule has 82 valence electrons. The van der Waals surface area contributed by atoms with Crippen LogP contribution in [-0.4, -0.2) is 13.6 Å². The maximum atomic E-state index is 13.2. The molecule has 0 bridgehead atoms. The molecule has 15 heavy (non-hydrogen) atoms. The van der Waals surface area contributed by atoms with Crippen LogP contribution in [0.2, 0.25) is 0 Å². The lowest BCUT2D eigenvalue weighted by Gasteiger charge is -2.31. The number of benzene rings is 1. The van der Waals surface area contributed by atoms with Gasteiger partial charge in [-0.3, -0.25) is 0 Å². The molecule has 2 N–H and O–H groups in total. The van der Waals surface area contributed by atoms with E-state index >= 15 is 0 Å². The summed E-state index contributed by atoms with van der Waals surface area (Å²) in [7, 11) is 1.98. The molecule has 0 heterocycles. The van der Waals surface area contributed by atoms with Gasteiger partial charge in [-0.2, -0.15) is 0 Å². The van der Waals surface area contributed by atoms with Crippen molar-refractivity contribution in [2.75, 3.05) is 24.2 Å². The van der Waals surface area contributed by atoms with Crippen molar-refractivity contribution >= 4 is 11.4 Å². The standard InChI is InChI=1S/C12H17FN2/c1-15(8-9-4-2-5-9)11-7-3-6-10(13)12(11)14/h3,6-7,9H,2,4-5,8,14H2,1H3. The number of rotatable bonds is 3. The van der Waals surface area contributed by atoms with Gasteiger partial charge in [0.05, 0.1) is 11.4 Å². The first kappa shape index (κ1) is 10.3. The maximum absolute atomic E-state index is 13.2. The molecule has 0 saturated heterocycles. The van der Waals surface area contributed by atoms with E-state index in [-0.39, 0.29) is 11.5 Å². The second-order valence-corrected chi connectivity index (χ2v) is 4.35. The molecule has 1 aromatic rings. The van der Waals surface area contributed by atoms with Crippen LogP contribution >= 0.6 is 0 Å². The molecule has 2 rings (SSSR count). The maximum Gasteiger partial charge on any atom is 0.148 e. The van der Waals surface area contributed by atoms with E-state index in [1.807, 2.05) is 13.1 Å². The summed E-state index contributed by atoms with van der Waals surface area (Å²) < 4.78 is 13.2. The normalized spacial score (nSPS) is 16.1. The highest BCUT2D eigenvalue weighted by Crippen LogP contribution is 2.30. The van der Waals surface area contributed by atoms with Crippen LogP contribution in [0.1, 0.15) is 19.3 Å². The summed E-state index contributed by atoms with van der Waals surface area (Å²) in [6.07, 6.45) is 3.91. The number of nitrogen functional groups attached to an aromatic ring is 1. The first-order chi connectivity index (χ1) is 7.18. The average Bonchev–Trinajstić information content (AvgIpc) is 2.15. The van der Waals surface area contributed by atoms with Crippen LogP contribution in [0.3, 0.4) is 0 Å². The number of anilines is 2. The Balaban J connectivity index is 2.09. The molecule has 0 radical (unpaired) electrons. The predicted molar refractivity (Wildman–Crippen MR) is 61.4 cm³/mol. The Kier molecular flexibility index (Phi) is 2.80. The van der Waals surface area contributed by atoms with Crippen LogP contribution in [0.15, 0.2) is 18.2 Å². The summed E-state index contributed by atoms with van der Waals surface area (Å²) in [5.74, 6) is 0.436. The fourth-order valence-corrected chi connectivity index (χ4v) is 2.02. The molecule has 0 spiro atoms. The van der Waals surface area contributed by atoms with E-state index in [2.05, 4.69) is 4.90 Å². The Morgan fingerprint density at radius 1 is 1.47 bits per heavy atom. The molecule has 1 aromatic carbocycles. The van der Waals surface area contributed by atoms with Gasteiger partial charge in [0.15, 0.2) is 0 Å². The van der Waals surface area contributed by atoms with Crippen LogP contribution < -0.4 is 10.6 Å². The van der Waals surface area contributed by atoms with Crippen LogP contribution in [0.5, 0.6) is 0 Å². The molecule has 1 aliphatic rings. The van der Waals surface area contributed by atoms with Gasteiger partial charge in [0.25, 0.3) is 0 Å². The third-order valence-corrected chi connectivity index (χ3v) is 3.20. The van der Waals surface area contributed by atoms with Gasteiger partial charge in [0.2, 0.25) is 0 Å². The minimum Gasteiger partial charge on any atom is -0.395 e. The SMILES string of the molecule is CN(CC1CCC1)c1cccc(F)c1N. The highest BCUT2D eigenvalue weighted by molar-refractivity contribution is 5.67. The number of nitrogens with two attached hydrogens (primary N) is 1. The average molecular weight is 208 g/mol. The van der Waals surface area contributed by atoms with Crippen molar-refractivity contribution in [3.05, 3.63) is 24.0 Å². The van der Waals surface area contributed by atoms with E-state index in [9.17, 15) is 4.39 Å². The minimum atomic E-state index is -0.326. The van der Waals surface area contributed by atoms with Gasteiger partial charge in [-0.25, -0.2) is 4.39 Å². The molecule has 2 nitrogen and oxygen atoms in total. The molecular formula is C12H17FN2. The minimum absolute atomic E-state index is 0.263. The van der Waals surface area contributed by atoms with E-state index in [4.69, 9.17) is 5.73 Å². The Bertz CT molecular complexity index is 347. The van der Waals surface area contributed by atoms with E-state index in [0.717, 1.165) is 18.2 Å². The van der Waals surface area contributed by atoms with Gasteiger partial charge in [-0.05, 0) is 30.9 Å². The summed E-state index contributed by atoms with van der Waals surface area (Å²) in [5, 5.41) is 0. The third kappa shape index (κ3) is 2.06. The Morgan fingerprint density at radius 3 is 2.80 bits per heavy atom. The molecule has 0 unspecified atom stereocenters. The van der Waals surface area contributed by atoms with Gasteiger partial charge < -0.3 is 10.6 Å². The van der Waals surface area contributed by atoms with Crippen molar-refractivity contribution in [1.29, 1.82) is 0 Å². The second-order valence-electron chi connectivity index (χ2n) is 4.35. The first-order valence-corrected chi connectivity index (χ1v) is 5.43. The number of nitrogens with zero attached hydrogens (tertiary/aromatic N) is 1. The topological polar surface area (TPSA) is 29.3 Å². The lowest BCUT2D eigenvalue weighted by atomic mass is 9.85. The monoisotopic (exact) mass is 208 g/mol. The number of para-hydroxylation sites is 1. The molecule has 0 aromatic heterocycles. The molecule has 1 fully saturated rings. The fourth-order valence-electron chi connectivity index (χ4n) is 2.02. The second kappa shape index (κ2) is 4.09. The van der Waals surface area contributed by atoms with E-state index in [1.54, 1.807) is 6.07 Å². The molecule has 3 heteroatoms. The summed E-state index contributed by atoms with van der Waals surface area (Å²) in [4.78, 5) is 2.06. The highest BCUT2D eigenvalue weighted by atomic mass is 19.1. The Morgan fingerprint density at radius 2 is 2.20 bits per heavy atom. The highest BCUT2D eigenvalue weighted by Gasteiger charge is 2.20. The number of halogens is 1. The van der Waals surface area contributed by atoms with Gasteiger partial charge in [-0.15, -0.1) is 0 Å². The quantitative estimate of drug-likeness (QED) is 0.774. The van der Waals surface area contributed by atoms with Crippen molar-refractivity contribution in [2.45, 2.75) is 19.3 Å². The van der Waals surface area contributed by atoms with Crippen molar-refractivity contribution in [1.82, 2.24) is 0 Å². The summed E-state index contributed by atoms with van der Waals surface area (Å²) >= 11 is 0. The molecule has 0 aliphatic heterocycles. The summed E-state index contributed by atoms with van der Waals surface area (Å²) in [5.41, 5.74) is 6.77. The zero-order chi connectivity index (χ0) is 10.8. The zero-order valence-corrected chi connectivity index (χ0v) is 9.04. The fraction of sp³-hybridized carbons (Fsp3) is 0.500. The Labute approximate surface area is 89.9 Å². The van der Waals surface area contributed by atoms with E-state index in [0.29, 0.717) is 0 Å². The van der Waals surface area contributed by atoms with Crippen molar-refractivity contribution in [3.8, 4) is 0 Å². The molecular weight excluding hydrogens is 191 g/mol. The van der Waals surface area contributed by atoms with E-state index < -0.39 is 0 Å². The van der Waals surface area contributed by atoms with Crippen LogP contribution in [-0.2, 0) is 0 Å². The smallest absolute Gasteiger partial charge is 0.148 e. The van der Waals surface area contributed by atoms with Gasteiger partial charge in [0, 0.05) is 13.6 Å². The van der Waals surface area contributed by atoms with Crippen molar-refractivity contribution in [2.24, 2.45) is 5.92 Å². The van der Waals surface area contributed by atoms with Gasteiger partial charge in [-0.1, -0.05) is 12.5 Å². The van der Waals surface area contributed by atoms with E-state index in [1.165, 1.54) is 25.3 Å². The number of hydrogen-bond acceptors (Lipinski definition) is 2. The van der Waals surface area contributed by atoms with Crippen LogP contribution in [0, 0.1) is 11.7 Å². The molecule has 0 amide bonds. The lowest BCUT2D eigenvalue weighted by molar-refractivity contribution is 0.321. The van der Waals surface area contributed by atoms with Gasteiger partial charge in [0.1, 0.15) is 5.82 Å². The Hall–Kier alpha value is -1.25. The zero-order valence-electron chi connectivity index (χ0n) is 9.04. The summed E-state index contributed by atoms with van der Waals surface area (Å²) in [6.45, 7) is 0.980. The number of hydrogen-bond donors (Lipinski definition) is 1. The van der Waals surface area contributed by atoms with Crippen molar-refractivity contribution in [3.63, 3.8) is 0 Å². The largest absolute Gasteiger partial charge is 0.395 e. The van der Waals surface area contributed by atoms with Crippen LogP contribution in [0.4, 0.5) is 15.8 Å².